The molecule has 0 bridgehead atoms. The van der Waals surface area contributed by atoms with Crippen molar-refractivity contribution in [1.82, 2.24) is 4.57 Å². The SMILES string of the molecule is Cc1cc(=O)n(CC(=O)c2cccc([N+](=O)[O-])c2)c2c1CCCC2. The summed E-state index contributed by atoms with van der Waals surface area (Å²) in [6.07, 6.45) is 3.80. The molecule has 0 aliphatic heterocycles. The van der Waals surface area contributed by atoms with E-state index in [1.54, 1.807) is 12.1 Å². The normalized spacial score (nSPS) is 13.4. The van der Waals surface area contributed by atoms with Crippen molar-refractivity contribution in [1.29, 1.82) is 0 Å². The highest BCUT2D eigenvalue weighted by atomic mass is 16.6. The van der Waals surface area contributed by atoms with Crippen LogP contribution < -0.4 is 5.56 Å². The summed E-state index contributed by atoms with van der Waals surface area (Å²) in [5.41, 5.74) is 3.01. The molecule has 0 unspecified atom stereocenters. The summed E-state index contributed by atoms with van der Waals surface area (Å²) in [4.78, 5) is 35.2. The molecule has 1 aromatic heterocycles. The van der Waals surface area contributed by atoms with Crippen molar-refractivity contribution in [3.05, 3.63) is 73.2 Å². The maximum Gasteiger partial charge on any atom is 0.270 e. The van der Waals surface area contributed by atoms with Crippen LogP contribution in [0.4, 0.5) is 5.69 Å². The van der Waals surface area contributed by atoms with E-state index >= 15 is 0 Å². The third kappa shape index (κ3) is 2.99. The lowest BCUT2D eigenvalue weighted by atomic mass is 9.92. The summed E-state index contributed by atoms with van der Waals surface area (Å²) >= 11 is 0. The first-order valence-corrected chi connectivity index (χ1v) is 7.97. The second kappa shape index (κ2) is 6.39. The first-order valence-electron chi connectivity index (χ1n) is 7.97. The van der Waals surface area contributed by atoms with E-state index in [9.17, 15) is 19.7 Å². The molecule has 0 saturated carbocycles. The van der Waals surface area contributed by atoms with Gasteiger partial charge in [-0.15, -0.1) is 0 Å². The summed E-state index contributed by atoms with van der Waals surface area (Å²) in [5.74, 6) is -0.294. The van der Waals surface area contributed by atoms with Crippen LogP contribution >= 0.6 is 0 Å². The highest BCUT2D eigenvalue weighted by molar-refractivity contribution is 5.96. The molecule has 0 N–H and O–H groups in total. The summed E-state index contributed by atoms with van der Waals surface area (Å²) in [6.45, 7) is 1.85. The van der Waals surface area contributed by atoms with E-state index in [2.05, 4.69) is 0 Å². The van der Waals surface area contributed by atoms with E-state index in [-0.39, 0.29) is 29.1 Å². The van der Waals surface area contributed by atoms with E-state index in [0.717, 1.165) is 42.5 Å². The van der Waals surface area contributed by atoms with Gasteiger partial charge in [-0.3, -0.25) is 19.7 Å². The number of aromatic nitrogens is 1. The molecule has 1 heterocycles. The Hall–Kier alpha value is -2.76. The standard InChI is InChI=1S/C18H18N2O4/c1-12-9-18(22)19(16-8-3-2-7-15(12)16)11-17(21)13-5-4-6-14(10-13)20(23)24/h4-6,9-10H,2-3,7-8,11H2,1H3. The van der Waals surface area contributed by atoms with E-state index in [0.29, 0.717) is 0 Å². The Morgan fingerprint density at radius 2 is 2.00 bits per heavy atom. The minimum absolute atomic E-state index is 0.0807. The average molecular weight is 326 g/mol. The predicted molar refractivity (Wildman–Crippen MR) is 89.5 cm³/mol. The number of Topliss-reactive ketones (excluding diaryl/α,β-unsaturated/α-hetero) is 1. The van der Waals surface area contributed by atoms with Crippen molar-refractivity contribution in [2.24, 2.45) is 0 Å². The van der Waals surface area contributed by atoms with Crippen LogP contribution in [0.3, 0.4) is 0 Å². The lowest BCUT2D eigenvalue weighted by molar-refractivity contribution is -0.384. The fraction of sp³-hybridized carbons (Fsp3) is 0.333. The highest BCUT2D eigenvalue weighted by Gasteiger charge is 2.19. The number of aryl methyl sites for hydroxylation is 1. The molecule has 6 heteroatoms. The van der Waals surface area contributed by atoms with Gasteiger partial charge in [0.2, 0.25) is 0 Å². The van der Waals surface area contributed by atoms with Gasteiger partial charge in [0.1, 0.15) is 0 Å². The molecule has 1 aromatic carbocycles. The largest absolute Gasteiger partial charge is 0.305 e. The quantitative estimate of drug-likeness (QED) is 0.491. The number of hydrogen-bond acceptors (Lipinski definition) is 4. The molecule has 0 radical (unpaired) electrons. The van der Waals surface area contributed by atoms with Gasteiger partial charge in [-0.25, -0.2) is 0 Å². The highest BCUT2D eigenvalue weighted by Crippen LogP contribution is 2.23. The van der Waals surface area contributed by atoms with Crippen LogP contribution in [0.2, 0.25) is 0 Å². The molecule has 124 valence electrons. The first kappa shape index (κ1) is 16.1. The van der Waals surface area contributed by atoms with Crippen LogP contribution in [0, 0.1) is 17.0 Å². The van der Waals surface area contributed by atoms with Crippen LogP contribution in [0.5, 0.6) is 0 Å². The third-order valence-electron chi connectivity index (χ3n) is 4.53. The second-order valence-electron chi connectivity index (χ2n) is 6.11. The number of nitrogens with zero attached hydrogens (tertiary/aromatic N) is 2. The number of ketones is 1. The Morgan fingerprint density at radius 1 is 1.25 bits per heavy atom. The monoisotopic (exact) mass is 326 g/mol. The number of pyridine rings is 1. The predicted octanol–water partition coefficient (Wildman–Crippen LogP) is 2.83. The van der Waals surface area contributed by atoms with Crippen molar-refractivity contribution in [3.8, 4) is 0 Å². The molecule has 6 nitrogen and oxygen atoms in total. The van der Waals surface area contributed by atoms with Crippen LogP contribution in [-0.2, 0) is 19.4 Å². The lowest BCUT2D eigenvalue weighted by Gasteiger charge is -2.22. The number of non-ortho nitro benzene ring substituents is 1. The minimum atomic E-state index is -0.531. The minimum Gasteiger partial charge on any atom is -0.305 e. The molecule has 3 rings (SSSR count). The lowest BCUT2D eigenvalue weighted by Crippen LogP contribution is -2.30. The Labute approximate surface area is 138 Å². The number of rotatable bonds is 4. The van der Waals surface area contributed by atoms with Crippen molar-refractivity contribution >= 4 is 11.5 Å². The van der Waals surface area contributed by atoms with Crippen molar-refractivity contribution in [2.75, 3.05) is 0 Å². The summed E-state index contributed by atoms with van der Waals surface area (Å²) in [5, 5.41) is 10.9. The van der Waals surface area contributed by atoms with Crippen LogP contribution in [0.25, 0.3) is 0 Å². The van der Waals surface area contributed by atoms with Gasteiger partial charge in [0, 0.05) is 29.5 Å². The van der Waals surface area contributed by atoms with Crippen molar-refractivity contribution in [2.45, 2.75) is 39.2 Å². The van der Waals surface area contributed by atoms with E-state index in [4.69, 9.17) is 0 Å². The molecule has 0 amide bonds. The molecule has 2 aromatic rings. The topological polar surface area (TPSA) is 82.2 Å². The molecule has 0 saturated heterocycles. The van der Waals surface area contributed by atoms with Gasteiger partial charge in [0.15, 0.2) is 5.78 Å². The molecular formula is C18H18N2O4. The number of carbonyl (C=O) groups is 1. The zero-order chi connectivity index (χ0) is 17.3. The van der Waals surface area contributed by atoms with Gasteiger partial charge in [-0.2, -0.15) is 0 Å². The first-order chi connectivity index (χ1) is 11.5. The summed E-state index contributed by atoms with van der Waals surface area (Å²) in [6, 6.07) is 7.20. The Balaban J connectivity index is 1.97. The molecule has 0 spiro atoms. The molecule has 0 fully saturated rings. The van der Waals surface area contributed by atoms with E-state index in [1.165, 1.54) is 22.8 Å². The van der Waals surface area contributed by atoms with Crippen molar-refractivity contribution < 1.29 is 9.72 Å². The van der Waals surface area contributed by atoms with Gasteiger partial charge in [0.25, 0.3) is 11.2 Å². The molecule has 1 aliphatic rings. The molecule has 24 heavy (non-hydrogen) atoms. The molecule has 1 aliphatic carbocycles. The van der Waals surface area contributed by atoms with Crippen LogP contribution in [0.1, 0.15) is 40.0 Å². The van der Waals surface area contributed by atoms with Gasteiger partial charge < -0.3 is 4.57 Å². The number of benzene rings is 1. The fourth-order valence-corrected chi connectivity index (χ4v) is 3.30. The van der Waals surface area contributed by atoms with Gasteiger partial charge in [-0.05, 0) is 43.7 Å². The van der Waals surface area contributed by atoms with Crippen molar-refractivity contribution in [3.63, 3.8) is 0 Å². The third-order valence-corrected chi connectivity index (χ3v) is 4.53. The molecular weight excluding hydrogens is 308 g/mol. The van der Waals surface area contributed by atoms with Crippen LogP contribution in [0.15, 0.2) is 35.1 Å². The van der Waals surface area contributed by atoms with E-state index in [1.807, 2.05) is 6.92 Å². The second-order valence-corrected chi connectivity index (χ2v) is 6.11. The smallest absolute Gasteiger partial charge is 0.270 e. The van der Waals surface area contributed by atoms with Gasteiger partial charge >= 0.3 is 0 Å². The Morgan fingerprint density at radius 3 is 2.75 bits per heavy atom. The zero-order valence-electron chi connectivity index (χ0n) is 13.4. The number of nitro groups is 1. The maximum atomic E-state index is 12.5. The maximum absolute atomic E-state index is 12.5. The van der Waals surface area contributed by atoms with Crippen LogP contribution in [-0.4, -0.2) is 15.3 Å². The van der Waals surface area contributed by atoms with E-state index < -0.39 is 4.92 Å². The number of hydrogen-bond donors (Lipinski definition) is 0. The Kier molecular flexibility index (Phi) is 4.29. The summed E-state index contributed by atoms with van der Waals surface area (Å²) in [7, 11) is 0. The number of carbonyl (C=O) groups excluding carboxylic acids is 1. The van der Waals surface area contributed by atoms with Gasteiger partial charge in [0.05, 0.1) is 11.5 Å². The fourth-order valence-electron chi connectivity index (χ4n) is 3.30. The summed E-state index contributed by atoms with van der Waals surface area (Å²) < 4.78 is 1.53. The number of nitro benzene ring substituents is 1. The number of fused-ring (bicyclic) bond motifs is 1. The molecule has 0 atom stereocenters. The van der Waals surface area contributed by atoms with Gasteiger partial charge in [-0.1, -0.05) is 12.1 Å². The zero-order valence-corrected chi connectivity index (χ0v) is 13.4. The Bertz CT molecular complexity index is 883. The average Bonchev–Trinajstić information content (AvgIpc) is 2.58.